The zero-order valence-electron chi connectivity index (χ0n) is 10.2. The fourth-order valence-corrected chi connectivity index (χ4v) is 1.56. The molecule has 1 aromatic carbocycles. The van der Waals surface area contributed by atoms with Gasteiger partial charge in [-0.15, -0.1) is 0 Å². The molecule has 1 N–H and O–H groups in total. The highest BCUT2D eigenvalue weighted by Crippen LogP contribution is 2.17. The van der Waals surface area contributed by atoms with Gasteiger partial charge in [-0.3, -0.25) is 0 Å². The maximum atomic E-state index is 13.3. The molecule has 0 saturated carbocycles. The minimum Gasteiger partial charge on any atom is -0.489 e. The first-order valence-electron chi connectivity index (χ1n) is 5.73. The SMILES string of the molecule is CCC(C)C(COc1ccccc1F)NC. The van der Waals surface area contributed by atoms with Crippen LogP contribution < -0.4 is 10.1 Å². The first kappa shape index (κ1) is 13.0. The molecule has 90 valence electrons. The second-order valence-electron chi connectivity index (χ2n) is 4.02. The van der Waals surface area contributed by atoms with Crippen LogP contribution in [0.3, 0.4) is 0 Å². The molecular formula is C13H20FNO. The normalized spacial score (nSPS) is 14.5. The predicted molar refractivity (Wildman–Crippen MR) is 64.2 cm³/mol. The molecule has 2 atom stereocenters. The molecule has 3 heteroatoms. The zero-order chi connectivity index (χ0) is 12.0. The molecule has 0 fully saturated rings. The molecule has 1 rings (SSSR count). The second-order valence-corrected chi connectivity index (χ2v) is 4.02. The molecule has 0 radical (unpaired) electrons. The van der Waals surface area contributed by atoms with Crippen molar-refractivity contribution >= 4 is 0 Å². The van der Waals surface area contributed by atoms with Gasteiger partial charge in [-0.25, -0.2) is 4.39 Å². The van der Waals surface area contributed by atoms with Crippen LogP contribution in [0.15, 0.2) is 24.3 Å². The molecule has 0 amide bonds. The number of halogens is 1. The lowest BCUT2D eigenvalue weighted by molar-refractivity contribution is 0.221. The van der Waals surface area contributed by atoms with Crippen LogP contribution in [-0.4, -0.2) is 19.7 Å². The Balaban J connectivity index is 2.53. The molecule has 0 bridgehead atoms. The summed E-state index contributed by atoms with van der Waals surface area (Å²) in [5.74, 6) is 0.532. The molecule has 0 saturated heterocycles. The van der Waals surface area contributed by atoms with Crippen LogP contribution in [0.25, 0.3) is 0 Å². The molecule has 16 heavy (non-hydrogen) atoms. The summed E-state index contributed by atoms with van der Waals surface area (Å²) in [7, 11) is 1.90. The Labute approximate surface area is 96.8 Å². The first-order chi connectivity index (χ1) is 7.69. The van der Waals surface area contributed by atoms with Crippen molar-refractivity contribution in [3.8, 4) is 5.75 Å². The fraction of sp³-hybridized carbons (Fsp3) is 0.538. The van der Waals surface area contributed by atoms with Crippen molar-refractivity contribution in [2.24, 2.45) is 5.92 Å². The number of nitrogens with one attached hydrogen (secondary N) is 1. The molecule has 0 aromatic heterocycles. The minimum absolute atomic E-state index is 0.254. The van der Waals surface area contributed by atoms with Crippen molar-refractivity contribution in [2.45, 2.75) is 26.3 Å². The Morgan fingerprint density at radius 3 is 2.62 bits per heavy atom. The molecule has 0 aliphatic heterocycles. The fourth-order valence-electron chi connectivity index (χ4n) is 1.56. The van der Waals surface area contributed by atoms with Gasteiger partial charge in [-0.2, -0.15) is 0 Å². The van der Waals surface area contributed by atoms with Crippen molar-refractivity contribution in [3.63, 3.8) is 0 Å². The zero-order valence-corrected chi connectivity index (χ0v) is 10.2. The molecule has 0 spiro atoms. The Kier molecular flexibility index (Phi) is 5.26. The maximum absolute atomic E-state index is 13.3. The van der Waals surface area contributed by atoms with Gasteiger partial charge in [-0.05, 0) is 25.1 Å². The summed E-state index contributed by atoms with van der Waals surface area (Å²) in [6.07, 6.45) is 1.08. The maximum Gasteiger partial charge on any atom is 0.165 e. The summed E-state index contributed by atoms with van der Waals surface area (Å²) in [5, 5.41) is 3.20. The average Bonchev–Trinajstić information content (AvgIpc) is 2.31. The lowest BCUT2D eigenvalue weighted by Crippen LogP contribution is -2.37. The van der Waals surface area contributed by atoms with E-state index in [9.17, 15) is 4.39 Å². The summed E-state index contributed by atoms with van der Waals surface area (Å²) in [4.78, 5) is 0. The monoisotopic (exact) mass is 225 g/mol. The lowest BCUT2D eigenvalue weighted by Gasteiger charge is -2.22. The van der Waals surface area contributed by atoms with Crippen molar-refractivity contribution < 1.29 is 9.13 Å². The van der Waals surface area contributed by atoms with Crippen LogP contribution in [0.1, 0.15) is 20.3 Å². The summed E-state index contributed by atoms with van der Waals surface area (Å²) in [6.45, 7) is 4.79. The van der Waals surface area contributed by atoms with Crippen LogP contribution in [0.2, 0.25) is 0 Å². The van der Waals surface area contributed by atoms with E-state index in [-0.39, 0.29) is 11.9 Å². The third-order valence-electron chi connectivity index (χ3n) is 2.96. The van der Waals surface area contributed by atoms with E-state index >= 15 is 0 Å². The summed E-state index contributed by atoms with van der Waals surface area (Å²) in [6, 6.07) is 6.75. The van der Waals surface area contributed by atoms with Gasteiger partial charge < -0.3 is 10.1 Å². The third-order valence-corrected chi connectivity index (χ3v) is 2.96. The predicted octanol–water partition coefficient (Wildman–Crippen LogP) is 2.84. The summed E-state index contributed by atoms with van der Waals surface area (Å²) < 4.78 is 18.8. The number of benzene rings is 1. The summed E-state index contributed by atoms with van der Waals surface area (Å²) >= 11 is 0. The van der Waals surface area contributed by atoms with Gasteiger partial charge >= 0.3 is 0 Å². The molecule has 1 aromatic rings. The van der Waals surface area contributed by atoms with E-state index < -0.39 is 0 Å². The quantitative estimate of drug-likeness (QED) is 0.803. The van der Waals surface area contributed by atoms with Gasteiger partial charge in [0.15, 0.2) is 11.6 Å². The molecular weight excluding hydrogens is 205 g/mol. The highest BCUT2D eigenvalue weighted by atomic mass is 19.1. The Morgan fingerprint density at radius 2 is 2.06 bits per heavy atom. The van der Waals surface area contributed by atoms with Crippen molar-refractivity contribution in [2.75, 3.05) is 13.7 Å². The summed E-state index contributed by atoms with van der Waals surface area (Å²) in [5.41, 5.74) is 0. The molecule has 2 unspecified atom stereocenters. The van der Waals surface area contributed by atoms with Crippen molar-refractivity contribution in [1.29, 1.82) is 0 Å². The number of likely N-dealkylation sites (N-methyl/N-ethyl adjacent to an activating group) is 1. The van der Waals surface area contributed by atoms with E-state index in [1.807, 2.05) is 7.05 Å². The smallest absolute Gasteiger partial charge is 0.165 e. The van der Waals surface area contributed by atoms with Crippen LogP contribution in [0.5, 0.6) is 5.75 Å². The number of hydrogen-bond donors (Lipinski definition) is 1. The third kappa shape index (κ3) is 3.49. The van der Waals surface area contributed by atoms with Crippen molar-refractivity contribution in [3.05, 3.63) is 30.1 Å². The minimum atomic E-state index is -0.304. The molecule has 2 nitrogen and oxygen atoms in total. The van der Waals surface area contributed by atoms with Crippen LogP contribution >= 0.6 is 0 Å². The Bertz CT molecular complexity index is 317. The number of hydrogen-bond acceptors (Lipinski definition) is 2. The molecule has 0 aliphatic rings. The standard InChI is InChI=1S/C13H20FNO/c1-4-10(2)12(15-3)9-16-13-8-6-5-7-11(13)14/h5-8,10,12,15H,4,9H2,1-3H3. The van der Waals surface area contributed by atoms with E-state index in [2.05, 4.69) is 19.2 Å². The van der Waals surface area contributed by atoms with Crippen LogP contribution in [-0.2, 0) is 0 Å². The number of para-hydroxylation sites is 1. The van der Waals surface area contributed by atoms with Crippen molar-refractivity contribution in [1.82, 2.24) is 5.32 Å². The van der Waals surface area contributed by atoms with Gasteiger partial charge in [0.25, 0.3) is 0 Å². The Morgan fingerprint density at radius 1 is 1.38 bits per heavy atom. The largest absolute Gasteiger partial charge is 0.489 e. The first-order valence-corrected chi connectivity index (χ1v) is 5.73. The van der Waals surface area contributed by atoms with Gasteiger partial charge in [0.1, 0.15) is 6.61 Å². The molecule has 0 aliphatic carbocycles. The number of ether oxygens (including phenoxy) is 1. The average molecular weight is 225 g/mol. The highest BCUT2D eigenvalue weighted by Gasteiger charge is 2.14. The van der Waals surface area contributed by atoms with E-state index in [0.29, 0.717) is 18.3 Å². The van der Waals surface area contributed by atoms with E-state index in [1.165, 1.54) is 6.07 Å². The van der Waals surface area contributed by atoms with E-state index in [1.54, 1.807) is 18.2 Å². The van der Waals surface area contributed by atoms with E-state index in [0.717, 1.165) is 6.42 Å². The Hall–Kier alpha value is -1.09. The van der Waals surface area contributed by atoms with Gasteiger partial charge in [-0.1, -0.05) is 32.4 Å². The number of rotatable bonds is 6. The second kappa shape index (κ2) is 6.48. The lowest BCUT2D eigenvalue weighted by atomic mass is 10.0. The topological polar surface area (TPSA) is 21.3 Å². The van der Waals surface area contributed by atoms with Gasteiger partial charge in [0, 0.05) is 6.04 Å². The van der Waals surface area contributed by atoms with Gasteiger partial charge in [0.2, 0.25) is 0 Å². The van der Waals surface area contributed by atoms with Crippen LogP contribution in [0.4, 0.5) is 4.39 Å². The highest BCUT2D eigenvalue weighted by molar-refractivity contribution is 5.23. The molecule has 0 heterocycles. The van der Waals surface area contributed by atoms with Crippen LogP contribution in [0, 0.1) is 11.7 Å². The van der Waals surface area contributed by atoms with Gasteiger partial charge in [0.05, 0.1) is 0 Å². The van der Waals surface area contributed by atoms with E-state index in [4.69, 9.17) is 4.74 Å².